The molecule has 0 saturated carbocycles. The molecule has 8 nitrogen and oxygen atoms in total. The minimum absolute atomic E-state index is 0.105. The summed E-state index contributed by atoms with van der Waals surface area (Å²) in [7, 11) is 1.93. The molecule has 1 amide bonds. The lowest BCUT2D eigenvalue weighted by Gasteiger charge is -2.07. The molecular weight excluding hydrogens is 526 g/mol. The summed E-state index contributed by atoms with van der Waals surface area (Å²) in [5.41, 5.74) is 3.96. The second-order valence-corrected chi connectivity index (χ2v) is 10.6. The van der Waals surface area contributed by atoms with Crippen molar-refractivity contribution >= 4 is 78.0 Å². The number of thiophene rings is 1. The van der Waals surface area contributed by atoms with Crippen LogP contribution in [0.3, 0.4) is 0 Å². The van der Waals surface area contributed by atoms with Crippen molar-refractivity contribution in [3.8, 4) is 0 Å². The van der Waals surface area contributed by atoms with E-state index in [9.17, 15) is 9.59 Å². The van der Waals surface area contributed by atoms with E-state index in [0.29, 0.717) is 28.0 Å². The van der Waals surface area contributed by atoms with Crippen LogP contribution in [0.25, 0.3) is 22.1 Å². The van der Waals surface area contributed by atoms with Crippen molar-refractivity contribution in [1.29, 1.82) is 0 Å². The summed E-state index contributed by atoms with van der Waals surface area (Å²) in [4.78, 5) is 31.0. The first-order valence-corrected chi connectivity index (χ1v) is 13.1. The number of anilines is 1. The largest absolute Gasteiger partial charge is 0.462 e. The number of amides is 1. The van der Waals surface area contributed by atoms with Crippen LogP contribution in [-0.2, 0) is 29.4 Å². The van der Waals surface area contributed by atoms with E-state index in [1.807, 2.05) is 29.8 Å². The summed E-state index contributed by atoms with van der Waals surface area (Å²) in [6, 6.07) is 5.97. The van der Waals surface area contributed by atoms with Gasteiger partial charge in [-0.2, -0.15) is 0 Å². The third-order valence-corrected chi connectivity index (χ3v) is 8.07. The Kier molecular flexibility index (Phi) is 6.11. The van der Waals surface area contributed by atoms with Crippen molar-refractivity contribution in [2.45, 2.75) is 31.3 Å². The number of ether oxygens (including phenoxy) is 1. The van der Waals surface area contributed by atoms with Crippen molar-refractivity contribution in [2.24, 2.45) is 7.05 Å². The molecule has 3 heterocycles. The topological polar surface area (TPSA) is 99.0 Å². The molecule has 1 aliphatic carbocycles. The van der Waals surface area contributed by atoms with Crippen LogP contribution < -0.4 is 5.32 Å². The van der Waals surface area contributed by atoms with Crippen LogP contribution in [0.2, 0.25) is 0 Å². The van der Waals surface area contributed by atoms with Crippen LogP contribution in [0.4, 0.5) is 5.00 Å². The molecule has 11 heteroatoms. The Morgan fingerprint density at radius 2 is 2.15 bits per heavy atom. The molecule has 5 rings (SSSR count). The summed E-state index contributed by atoms with van der Waals surface area (Å²) in [6.45, 7) is 2.07. The van der Waals surface area contributed by atoms with Crippen LogP contribution in [0, 0.1) is 0 Å². The Balaban J connectivity index is 1.33. The Hall–Kier alpha value is -2.50. The molecule has 0 fully saturated rings. The van der Waals surface area contributed by atoms with E-state index < -0.39 is 0 Å². The Morgan fingerprint density at radius 1 is 1.30 bits per heavy atom. The molecule has 0 unspecified atom stereocenters. The summed E-state index contributed by atoms with van der Waals surface area (Å²) in [5, 5.41) is 13.4. The average molecular weight is 546 g/mol. The van der Waals surface area contributed by atoms with Gasteiger partial charge in [0, 0.05) is 21.8 Å². The van der Waals surface area contributed by atoms with Crippen molar-refractivity contribution in [3.63, 3.8) is 0 Å². The highest BCUT2D eigenvalue weighted by atomic mass is 79.9. The van der Waals surface area contributed by atoms with E-state index in [0.717, 1.165) is 50.6 Å². The lowest BCUT2D eigenvalue weighted by atomic mass is 10.1. The number of thioether (sulfide) groups is 1. The van der Waals surface area contributed by atoms with Crippen LogP contribution in [0.5, 0.6) is 0 Å². The zero-order valence-corrected chi connectivity index (χ0v) is 21.2. The maximum absolute atomic E-state index is 12.7. The maximum Gasteiger partial charge on any atom is 0.341 e. The van der Waals surface area contributed by atoms with Gasteiger partial charge in [-0.25, -0.2) is 9.78 Å². The first-order valence-electron chi connectivity index (χ1n) is 10.5. The first-order chi connectivity index (χ1) is 16.0. The number of hydrogen-bond acceptors (Lipinski definition) is 8. The Bertz CT molecular complexity index is 1410. The van der Waals surface area contributed by atoms with Crippen molar-refractivity contribution in [2.75, 3.05) is 17.7 Å². The summed E-state index contributed by atoms with van der Waals surface area (Å²) < 4.78 is 8.15. The normalized spacial score (nSPS) is 12.9. The number of esters is 1. The lowest BCUT2D eigenvalue weighted by molar-refractivity contribution is -0.113. The molecule has 0 aliphatic heterocycles. The highest BCUT2D eigenvalue weighted by molar-refractivity contribution is 9.10. The second kappa shape index (κ2) is 9.03. The summed E-state index contributed by atoms with van der Waals surface area (Å²) >= 11 is 6.17. The highest BCUT2D eigenvalue weighted by Crippen LogP contribution is 2.39. The van der Waals surface area contributed by atoms with E-state index in [-0.39, 0.29) is 17.6 Å². The number of nitrogens with zero attached hydrogens (tertiary/aromatic N) is 4. The first kappa shape index (κ1) is 22.3. The average Bonchev–Trinajstić information content (AvgIpc) is 3.45. The molecule has 1 N–H and O–H groups in total. The molecule has 0 bridgehead atoms. The predicted molar refractivity (Wildman–Crippen MR) is 133 cm³/mol. The quantitative estimate of drug-likeness (QED) is 0.276. The van der Waals surface area contributed by atoms with Gasteiger partial charge in [-0.05, 0) is 49.9 Å². The number of benzene rings is 1. The minimum Gasteiger partial charge on any atom is -0.462 e. The zero-order valence-electron chi connectivity index (χ0n) is 18.0. The molecule has 0 spiro atoms. The third kappa shape index (κ3) is 4.13. The molecule has 3 aromatic heterocycles. The minimum atomic E-state index is -0.375. The van der Waals surface area contributed by atoms with Gasteiger partial charge in [0.1, 0.15) is 10.5 Å². The maximum atomic E-state index is 12.7. The number of halogens is 1. The number of hydrogen-bond donors (Lipinski definition) is 1. The van der Waals surface area contributed by atoms with Gasteiger partial charge in [0.25, 0.3) is 0 Å². The van der Waals surface area contributed by atoms with Crippen LogP contribution >= 0.6 is 39.0 Å². The smallest absolute Gasteiger partial charge is 0.341 e. The number of aromatic nitrogens is 4. The van der Waals surface area contributed by atoms with Gasteiger partial charge in [0.2, 0.25) is 11.1 Å². The molecule has 170 valence electrons. The summed E-state index contributed by atoms with van der Waals surface area (Å²) in [5.74, 6) is -0.497. The van der Waals surface area contributed by atoms with Gasteiger partial charge >= 0.3 is 5.97 Å². The van der Waals surface area contributed by atoms with Gasteiger partial charge < -0.3 is 14.6 Å². The number of carbonyl (C=O) groups is 2. The monoisotopic (exact) mass is 545 g/mol. The molecule has 33 heavy (non-hydrogen) atoms. The van der Waals surface area contributed by atoms with Gasteiger partial charge in [0.15, 0.2) is 5.65 Å². The van der Waals surface area contributed by atoms with Crippen molar-refractivity contribution in [3.05, 3.63) is 38.7 Å². The molecule has 0 atom stereocenters. The number of nitrogens with one attached hydrogen (secondary N) is 1. The van der Waals surface area contributed by atoms with Crippen LogP contribution in [-0.4, -0.2) is 44.0 Å². The predicted octanol–water partition coefficient (Wildman–Crippen LogP) is 4.74. The molecule has 0 radical (unpaired) electrons. The Labute approximate surface area is 206 Å². The standard InChI is InChI=1S/C22H20BrN5O3S2/c1-3-31-21(30)17-12-5-4-6-15(12)33-20(17)24-16(29)10-32-22-25-19-18(26-27-22)13-9-11(23)7-8-14(13)28(19)2/h7-9H,3-6,10H2,1-2H3,(H,24,29). The number of rotatable bonds is 6. The van der Waals surface area contributed by atoms with E-state index in [4.69, 9.17) is 4.74 Å². The molecule has 1 aliphatic rings. The molecule has 0 saturated heterocycles. The number of aryl methyl sites for hydroxylation is 2. The molecule has 4 aromatic rings. The molecular formula is C22H20BrN5O3S2. The van der Waals surface area contributed by atoms with Crippen LogP contribution in [0.1, 0.15) is 34.1 Å². The van der Waals surface area contributed by atoms with Gasteiger partial charge in [-0.1, -0.05) is 27.7 Å². The fourth-order valence-corrected chi connectivity index (χ4v) is 6.32. The van der Waals surface area contributed by atoms with Gasteiger partial charge in [0.05, 0.1) is 23.4 Å². The number of fused-ring (bicyclic) bond motifs is 4. The summed E-state index contributed by atoms with van der Waals surface area (Å²) in [6.07, 6.45) is 2.79. The second-order valence-electron chi connectivity index (χ2n) is 7.61. The van der Waals surface area contributed by atoms with Crippen molar-refractivity contribution in [1.82, 2.24) is 19.7 Å². The molecule has 1 aromatic carbocycles. The fourth-order valence-electron chi connectivity index (χ4n) is 4.08. The van der Waals surface area contributed by atoms with E-state index in [2.05, 4.69) is 36.4 Å². The van der Waals surface area contributed by atoms with Crippen molar-refractivity contribution < 1.29 is 14.3 Å². The van der Waals surface area contributed by atoms with Gasteiger partial charge in [-0.15, -0.1) is 21.5 Å². The van der Waals surface area contributed by atoms with E-state index in [1.165, 1.54) is 23.1 Å². The fraction of sp³-hybridized carbons (Fsp3) is 0.318. The Morgan fingerprint density at radius 3 is 2.97 bits per heavy atom. The lowest BCUT2D eigenvalue weighted by Crippen LogP contribution is -2.17. The van der Waals surface area contributed by atoms with E-state index >= 15 is 0 Å². The third-order valence-electron chi connectivity index (χ3n) is 5.53. The SMILES string of the molecule is CCOC(=O)c1c(NC(=O)CSc2nnc3c4cc(Br)ccc4n(C)c3n2)sc2c1CCC2. The van der Waals surface area contributed by atoms with Crippen LogP contribution in [0.15, 0.2) is 27.8 Å². The highest BCUT2D eigenvalue weighted by Gasteiger charge is 2.28. The zero-order chi connectivity index (χ0) is 23.1. The number of carbonyl (C=O) groups excluding carboxylic acids is 2. The van der Waals surface area contributed by atoms with Gasteiger partial charge in [-0.3, -0.25) is 4.79 Å². The van der Waals surface area contributed by atoms with E-state index in [1.54, 1.807) is 6.92 Å².